The fraction of sp³-hybridized carbons (Fsp3) is 0.588. The molecule has 1 fully saturated rings. The van der Waals surface area contributed by atoms with Gasteiger partial charge in [0.2, 0.25) is 0 Å². The molecule has 2 N–H and O–H groups in total. The molecule has 24 heavy (non-hydrogen) atoms. The lowest BCUT2D eigenvalue weighted by atomic mass is 10.2. The first-order chi connectivity index (χ1) is 11.4. The van der Waals surface area contributed by atoms with E-state index in [-0.39, 0.29) is 24.5 Å². The van der Waals surface area contributed by atoms with Gasteiger partial charge >= 0.3 is 6.03 Å². The summed E-state index contributed by atoms with van der Waals surface area (Å²) >= 11 is 0. The minimum Gasteiger partial charge on any atom is -0.395 e. The summed E-state index contributed by atoms with van der Waals surface area (Å²) in [5.74, 6) is -0.350. The lowest BCUT2D eigenvalue weighted by molar-refractivity contribution is 0.127. The van der Waals surface area contributed by atoms with Crippen LogP contribution >= 0.6 is 0 Å². The summed E-state index contributed by atoms with van der Waals surface area (Å²) in [5.41, 5.74) is 0.969. The molecule has 0 atom stereocenters. The van der Waals surface area contributed by atoms with Crippen molar-refractivity contribution in [1.29, 1.82) is 0 Å². The molecular formula is C17H27FN4O2. The van der Waals surface area contributed by atoms with E-state index in [0.717, 1.165) is 13.1 Å². The van der Waals surface area contributed by atoms with Crippen molar-refractivity contribution in [3.8, 4) is 0 Å². The first kappa shape index (κ1) is 18.5. The van der Waals surface area contributed by atoms with Crippen LogP contribution in [0, 0.1) is 5.82 Å². The Labute approximate surface area is 142 Å². The van der Waals surface area contributed by atoms with Crippen LogP contribution in [-0.2, 0) is 0 Å². The van der Waals surface area contributed by atoms with Crippen molar-refractivity contribution in [1.82, 2.24) is 9.80 Å². The maximum absolute atomic E-state index is 14.3. The third kappa shape index (κ3) is 4.58. The van der Waals surface area contributed by atoms with E-state index in [1.54, 1.807) is 17.0 Å². The Morgan fingerprint density at radius 1 is 1.33 bits per heavy atom. The number of β-amino-alcohol motifs (C(OH)–C–C–N with tert-alkyl or cyclic N) is 1. The zero-order chi connectivity index (χ0) is 17.7. The van der Waals surface area contributed by atoms with Gasteiger partial charge in [-0.25, -0.2) is 9.18 Å². The molecular weight excluding hydrogens is 311 g/mol. The molecule has 0 bridgehead atoms. The number of carbonyl (C=O) groups excluding carboxylic acids is 1. The Balaban J connectivity index is 1.94. The van der Waals surface area contributed by atoms with E-state index in [4.69, 9.17) is 5.11 Å². The van der Waals surface area contributed by atoms with Crippen LogP contribution in [0.1, 0.15) is 13.8 Å². The van der Waals surface area contributed by atoms with E-state index in [0.29, 0.717) is 31.0 Å². The van der Waals surface area contributed by atoms with Gasteiger partial charge in [-0.3, -0.25) is 4.90 Å². The summed E-state index contributed by atoms with van der Waals surface area (Å²) in [6.07, 6.45) is 0. The number of urea groups is 1. The second-order valence-electron chi connectivity index (χ2n) is 6.35. The molecule has 1 saturated heterocycles. The number of nitrogens with one attached hydrogen (secondary N) is 1. The first-order valence-electron chi connectivity index (χ1n) is 8.34. The smallest absolute Gasteiger partial charge is 0.321 e. The topological polar surface area (TPSA) is 59.1 Å². The SMILES string of the molecule is CC(C)N(C)c1ccc(NC(=O)N2CCN(CCO)CC2)cc1F. The predicted octanol–water partition coefficient (Wildman–Crippen LogP) is 1.81. The van der Waals surface area contributed by atoms with Crippen LogP contribution in [0.2, 0.25) is 0 Å². The van der Waals surface area contributed by atoms with Crippen molar-refractivity contribution in [2.24, 2.45) is 0 Å². The van der Waals surface area contributed by atoms with Crippen molar-refractivity contribution >= 4 is 17.4 Å². The molecule has 1 aromatic carbocycles. The molecule has 1 aliphatic rings. The number of benzene rings is 1. The molecule has 1 aromatic rings. The number of anilines is 2. The fourth-order valence-electron chi connectivity index (χ4n) is 2.67. The van der Waals surface area contributed by atoms with Crippen LogP contribution in [0.4, 0.5) is 20.6 Å². The Bertz CT molecular complexity index is 560. The lowest BCUT2D eigenvalue weighted by Gasteiger charge is -2.34. The molecule has 1 aliphatic heterocycles. The number of rotatable bonds is 5. The summed E-state index contributed by atoms with van der Waals surface area (Å²) in [6, 6.07) is 4.73. The molecule has 1 heterocycles. The van der Waals surface area contributed by atoms with Crippen LogP contribution in [0.5, 0.6) is 0 Å². The molecule has 0 unspecified atom stereocenters. The number of hydrogen-bond donors (Lipinski definition) is 2. The quantitative estimate of drug-likeness (QED) is 0.860. The van der Waals surface area contributed by atoms with Crippen molar-refractivity contribution in [3.05, 3.63) is 24.0 Å². The highest BCUT2D eigenvalue weighted by molar-refractivity contribution is 5.89. The van der Waals surface area contributed by atoms with E-state index < -0.39 is 0 Å². The van der Waals surface area contributed by atoms with Crippen LogP contribution in [-0.4, -0.2) is 73.4 Å². The van der Waals surface area contributed by atoms with Gasteiger partial charge in [-0.15, -0.1) is 0 Å². The van der Waals surface area contributed by atoms with Gasteiger partial charge in [0.25, 0.3) is 0 Å². The zero-order valence-corrected chi connectivity index (χ0v) is 14.6. The maximum Gasteiger partial charge on any atom is 0.321 e. The third-order valence-electron chi connectivity index (χ3n) is 4.43. The fourth-order valence-corrected chi connectivity index (χ4v) is 2.67. The van der Waals surface area contributed by atoms with E-state index in [1.807, 2.05) is 25.8 Å². The van der Waals surface area contributed by atoms with Crippen molar-refractivity contribution in [2.45, 2.75) is 19.9 Å². The molecule has 7 heteroatoms. The van der Waals surface area contributed by atoms with Gasteiger partial charge in [0, 0.05) is 51.5 Å². The highest BCUT2D eigenvalue weighted by Crippen LogP contribution is 2.23. The number of aliphatic hydroxyl groups is 1. The van der Waals surface area contributed by atoms with Crippen molar-refractivity contribution in [3.63, 3.8) is 0 Å². The largest absolute Gasteiger partial charge is 0.395 e. The lowest BCUT2D eigenvalue weighted by Crippen LogP contribution is -2.50. The van der Waals surface area contributed by atoms with E-state index >= 15 is 0 Å². The number of carbonyl (C=O) groups is 1. The second-order valence-corrected chi connectivity index (χ2v) is 6.35. The van der Waals surface area contributed by atoms with Gasteiger partial charge in [0.05, 0.1) is 12.3 Å². The van der Waals surface area contributed by atoms with Gasteiger partial charge < -0.3 is 20.2 Å². The van der Waals surface area contributed by atoms with E-state index in [9.17, 15) is 9.18 Å². The number of hydrogen-bond acceptors (Lipinski definition) is 4. The average Bonchev–Trinajstić information content (AvgIpc) is 2.55. The third-order valence-corrected chi connectivity index (χ3v) is 4.43. The highest BCUT2D eigenvalue weighted by atomic mass is 19.1. The minimum absolute atomic E-state index is 0.128. The Hall–Kier alpha value is -1.86. The maximum atomic E-state index is 14.3. The molecule has 0 spiro atoms. The number of aliphatic hydroxyl groups excluding tert-OH is 1. The highest BCUT2D eigenvalue weighted by Gasteiger charge is 2.21. The van der Waals surface area contributed by atoms with Crippen LogP contribution in [0.25, 0.3) is 0 Å². The summed E-state index contributed by atoms with van der Waals surface area (Å²) in [4.78, 5) is 18.0. The molecule has 6 nitrogen and oxygen atoms in total. The second kappa shape index (κ2) is 8.30. The number of amides is 2. The molecule has 0 radical (unpaired) electrons. The van der Waals surface area contributed by atoms with Crippen molar-refractivity contribution in [2.75, 3.05) is 56.6 Å². The van der Waals surface area contributed by atoms with Gasteiger partial charge in [0.15, 0.2) is 0 Å². The van der Waals surface area contributed by atoms with E-state index in [1.165, 1.54) is 6.07 Å². The van der Waals surface area contributed by atoms with Crippen molar-refractivity contribution < 1.29 is 14.3 Å². The van der Waals surface area contributed by atoms with Gasteiger partial charge in [-0.2, -0.15) is 0 Å². The number of nitrogens with zero attached hydrogens (tertiary/aromatic N) is 3. The van der Waals surface area contributed by atoms with Crippen LogP contribution in [0.15, 0.2) is 18.2 Å². The summed E-state index contributed by atoms with van der Waals surface area (Å²) < 4.78 is 14.3. The standard InChI is InChI=1S/C17H27FN4O2/c1-13(2)20(3)16-5-4-14(12-15(16)18)19-17(24)22-8-6-21(7-9-22)10-11-23/h4-5,12-13,23H,6-11H2,1-3H3,(H,19,24). The number of piperazine rings is 1. The minimum atomic E-state index is -0.350. The Kier molecular flexibility index (Phi) is 6.39. The first-order valence-corrected chi connectivity index (χ1v) is 8.34. The van der Waals surface area contributed by atoms with Gasteiger partial charge in [0.1, 0.15) is 5.82 Å². The monoisotopic (exact) mass is 338 g/mol. The zero-order valence-electron chi connectivity index (χ0n) is 14.6. The molecule has 0 saturated carbocycles. The molecule has 134 valence electrons. The molecule has 0 aromatic heterocycles. The van der Waals surface area contributed by atoms with Gasteiger partial charge in [-0.05, 0) is 32.0 Å². The molecule has 0 aliphatic carbocycles. The van der Waals surface area contributed by atoms with Gasteiger partial charge in [-0.1, -0.05) is 0 Å². The summed E-state index contributed by atoms with van der Waals surface area (Å²) in [6.45, 7) is 7.41. The normalized spacial score (nSPS) is 15.7. The predicted molar refractivity (Wildman–Crippen MR) is 94.1 cm³/mol. The summed E-state index contributed by atoms with van der Waals surface area (Å²) in [5, 5.41) is 11.7. The Morgan fingerprint density at radius 2 is 2.00 bits per heavy atom. The number of halogens is 1. The molecule has 2 rings (SSSR count). The molecule has 2 amide bonds. The summed E-state index contributed by atoms with van der Waals surface area (Å²) in [7, 11) is 1.84. The van der Waals surface area contributed by atoms with Crippen LogP contribution < -0.4 is 10.2 Å². The van der Waals surface area contributed by atoms with E-state index in [2.05, 4.69) is 10.2 Å². The average molecular weight is 338 g/mol. The Morgan fingerprint density at radius 3 is 2.54 bits per heavy atom. The van der Waals surface area contributed by atoms with Crippen LogP contribution in [0.3, 0.4) is 0 Å².